The van der Waals surface area contributed by atoms with Gasteiger partial charge in [0.25, 0.3) is 11.8 Å². The zero-order valence-electron chi connectivity index (χ0n) is 20.3. The van der Waals surface area contributed by atoms with Gasteiger partial charge in [-0.05, 0) is 54.8 Å². The third-order valence-corrected chi connectivity index (χ3v) is 6.28. The fourth-order valence-electron chi connectivity index (χ4n) is 4.44. The van der Waals surface area contributed by atoms with Gasteiger partial charge in [-0.3, -0.25) is 14.4 Å². The molecule has 3 amide bonds. The van der Waals surface area contributed by atoms with Crippen LogP contribution < -0.4 is 15.4 Å². The molecule has 9 nitrogen and oxygen atoms in total. The molecule has 1 saturated carbocycles. The number of hydrogen-bond donors (Lipinski definition) is 2. The van der Waals surface area contributed by atoms with Crippen molar-refractivity contribution in [2.24, 2.45) is 0 Å². The van der Waals surface area contributed by atoms with Gasteiger partial charge < -0.3 is 29.1 Å². The Morgan fingerprint density at radius 3 is 2.50 bits per heavy atom. The molecular weight excluding hydrogens is 462 g/mol. The summed E-state index contributed by atoms with van der Waals surface area (Å²) < 4.78 is 16.1. The number of rotatable bonds is 10. The summed E-state index contributed by atoms with van der Waals surface area (Å²) in [6.07, 6.45) is 7.93. The molecule has 190 valence electrons. The monoisotopic (exact) mass is 493 g/mol. The second-order valence-corrected chi connectivity index (χ2v) is 8.79. The van der Waals surface area contributed by atoms with E-state index < -0.39 is 17.9 Å². The molecule has 2 aromatic heterocycles. The standard InChI is InChI=1S/C27H31N3O6/c1-34-21-11-5-8-19(16-21)18-30(24(31)17-28-26(32)23-13-7-15-36-23)25(22-12-6-14-35-22)27(33)29-20-9-3-2-4-10-20/h5-8,11-16,20,25H,2-4,9-10,17-18H2,1H3,(H,28,32)(H,29,33)/t25-/m0/s1. The van der Waals surface area contributed by atoms with E-state index in [1.165, 1.54) is 23.5 Å². The number of benzene rings is 1. The number of carbonyl (C=O) groups is 3. The summed E-state index contributed by atoms with van der Waals surface area (Å²) in [4.78, 5) is 40.9. The fraction of sp³-hybridized carbons (Fsp3) is 0.370. The SMILES string of the molecule is COc1cccc(CN(C(=O)CNC(=O)c2ccco2)[C@H](C(=O)NC2CCCCC2)c2ccco2)c1. The van der Waals surface area contributed by atoms with E-state index in [9.17, 15) is 14.4 Å². The van der Waals surface area contributed by atoms with Crippen LogP contribution in [-0.2, 0) is 16.1 Å². The molecule has 1 fully saturated rings. The average Bonchev–Trinajstić information content (AvgIpc) is 3.62. The minimum absolute atomic E-state index is 0.0520. The number of nitrogens with one attached hydrogen (secondary N) is 2. The molecule has 0 radical (unpaired) electrons. The second kappa shape index (κ2) is 12.1. The van der Waals surface area contributed by atoms with E-state index in [0.717, 1.165) is 37.7 Å². The predicted molar refractivity (Wildman–Crippen MR) is 131 cm³/mol. The highest BCUT2D eigenvalue weighted by Crippen LogP contribution is 2.27. The lowest BCUT2D eigenvalue weighted by Crippen LogP contribution is -2.49. The van der Waals surface area contributed by atoms with Crippen molar-refractivity contribution in [2.45, 2.75) is 50.7 Å². The lowest BCUT2D eigenvalue weighted by molar-refractivity contribution is -0.142. The van der Waals surface area contributed by atoms with E-state index in [0.29, 0.717) is 11.5 Å². The van der Waals surface area contributed by atoms with Crippen LogP contribution >= 0.6 is 0 Å². The molecule has 0 bridgehead atoms. The molecule has 36 heavy (non-hydrogen) atoms. The smallest absolute Gasteiger partial charge is 0.287 e. The van der Waals surface area contributed by atoms with Crippen LogP contribution in [0.3, 0.4) is 0 Å². The first-order valence-electron chi connectivity index (χ1n) is 12.1. The molecule has 3 aromatic rings. The summed E-state index contributed by atoms with van der Waals surface area (Å²) in [6, 6.07) is 12.8. The van der Waals surface area contributed by atoms with Crippen molar-refractivity contribution >= 4 is 17.7 Å². The minimum Gasteiger partial charge on any atom is -0.497 e. The number of nitrogens with zero attached hydrogens (tertiary/aromatic N) is 1. The average molecular weight is 494 g/mol. The Hall–Kier alpha value is -4.01. The van der Waals surface area contributed by atoms with Crippen molar-refractivity contribution in [1.29, 1.82) is 0 Å². The zero-order valence-corrected chi connectivity index (χ0v) is 20.3. The maximum Gasteiger partial charge on any atom is 0.287 e. The number of methoxy groups -OCH3 is 1. The zero-order chi connectivity index (χ0) is 25.3. The van der Waals surface area contributed by atoms with E-state index in [1.54, 1.807) is 37.4 Å². The molecule has 2 N–H and O–H groups in total. The summed E-state index contributed by atoms with van der Waals surface area (Å²) in [6.45, 7) is -0.215. The minimum atomic E-state index is -1.01. The van der Waals surface area contributed by atoms with Crippen molar-refractivity contribution in [3.05, 3.63) is 78.1 Å². The number of hydrogen-bond acceptors (Lipinski definition) is 6. The number of ether oxygens (including phenoxy) is 1. The first-order chi connectivity index (χ1) is 17.5. The van der Waals surface area contributed by atoms with Crippen LogP contribution in [-0.4, -0.2) is 42.3 Å². The van der Waals surface area contributed by atoms with E-state index in [1.807, 2.05) is 12.1 Å². The van der Waals surface area contributed by atoms with E-state index in [2.05, 4.69) is 10.6 Å². The third kappa shape index (κ3) is 6.35. The van der Waals surface area contributed by atoms with Gasteiger partial charge in [0.05, 0.1) is 26.2 Å². The summed E-state index contributed by atoms with van der Waals surface area (Å²) in [7, 11) is 1.56. The largest absolute Gasteiger partial charge is 0.497 e. The topological polar surface area (TPSA) is 114 Å². The van der Waals surface area contributed by atoms with E-state index in [-0.39, 0.29) is 30.8 Å². The highest BCUT2D eigenvalue weighted by atomic mass is 16.5. The van der Waals surface area contributed by atoms with Crippen molar-refractivity contribution in [3.63, 3.8) is 0 Å². The summed E-state index contributed by atoms with van der Waals surface area (Å²) in [5.74, 6) is -0.205. The Labute approximate surface area is 209 Å². The van der Waals surface area contributed by atoms with Crippen LogP contribution in [0, 0.1) is 0 Å². The van der Waals surface area contributed by atoms with Crippen LogP contribution in [0.25, 0.3) is 0 Å². The van der Waals surface area contributed by atoms with Gasteiger partial charge in [-0.25, -0.2) is 0 Å². The molecule has 0 spiro atoms. The molecule has 1 aliphatic rings. The Bertz CT molecular complexity index is 1140. The van der Waals surface area contributed by atoms with Crippen LogP contribution in [0.1, 0.15) is 60.0 Å². The number of amides is 3. The molecular formula is C27H31N3O6. The Balaban J connectivity index is 1.60. The normalized spacial score (nSPS) is 14.6. The van der Waals surface area contributed by atoms with Gasteiger partial charge in [0.2, 0.25) is 5.91 Å². The molecule has 0 saturated heterocycles. The maximum atomic E-state index is 13.6. The van der Waals surface area contributed by atoms with Gasteiger partial charge in [-0.2, -0.15) is 0 Å². The molecule has 4 rings (SSSR count). The summed E-state index contributed by atoms with van der Waals surface area (Å²) in [5.41, 5.74) is 0.766. The molecule has 1 aliphatic carbocycles. The Kier molecular flexibility index (Phi) is 8.44. The van der Waals surface area contributed by atoms with Gasteiger partial charge in [0.1, 0.15) is 11.5 Å². The van der Waals surface area contributed by atoms with Gasteiger partial charge in [0, 0.05) is 12.6 Å². The fourth-order valence-corrected chi connectivity index (χ4v) is 4.44. The van der Waals surface area contributed by atoms with Gasteiger partial charge in [-0.15, -0.1) is 0 Å². The first-order valence-corrected chi connectivity index (χ1v) is 12.1. The third-order valence-electron chi connectivity index (χ3n) is 6.28. The highest BCUT2D eigenvalue weighted by molar-refractivity contribution is 5.95. The molecule has 0 aliphatic heterocycles. The van der Waals surface area contributed by atoms with E-state index in [4.69, 9.17) is 13.6 Å². The summed E-state index contributed by atoms with van der Waals surface area (Å²) >= 11 is 0. The molecule has 1 aromatic carbocycles. The van der Waals surface area contributed by atoms with Crippen LogP contribution in [0.2, 0.25) is 0 Å². The highest BCUT2D eigenvalue weighted by Gasteiger charge is 2.35. The lowest BCUT2D eigenvalue weighted by Gasteiger charge is -2.32. The van der Waals surface area contributed by atoms with Gasteiger partial charge >= 0.3 is 0 Å². The number of furan rings is 2. The second-order valence-electron chi connectivity index (χ2n) is 8.79. The van der Waals surface area contributed by atoms with Crippen molar-refractivity contribution in [1.82, 2.24) is 15.5 Å². The predicted octanol–water partition coefficient (Wildman–Crippen LogP) is 3.83. The van der Waals surface area contributed by atoms with E-state index >= 15 is 0 Å². The number of carbonyl (C=O) groups excluding carboxylic acids is 3. The molecule has 1 atom stereocenters. The first kappa shape index (κ1) is 25.1. The van der Waals surface area contributed by atoms with Gasteiger partial charge in [0.15, 0.2) is 11.8 Å². The molecule has 2 heterocycles. The van der Waals surface area contributed by atoms with Gasteiger partial charge in [-0.1, -0.05) is 31.4 Å². The molecule has 0 unspecified atom stereocenters. The van der Waals surface area contributed by atoms with Crippen LogP contribution in [0.5, 0.6) is 5.75 Å². The quantitative estimate of drug-likeness (QED) is 0.444. The van der Waals surface area contributed by atoms with Crippen LogP contribution in [0.15, 0.2) is 69.9 Å². The van der Waals surface area contributed by atoms with Crippen molar-refractivity contribution in [2.75, 3.05) is 13.7 Å². The Morgan fingerprint density at radius 1 is 1.03 bits per heavy atom. The van der Waals surface area contributed by atoms with Crippen molar-refractivity contribution < 1.29 is 28.0 Å². The maximum absolute atomic E-state index is 13.6. The van der Waals surface area contributed by atoms with Crippen molar-refractivity contribution in [3.8, 4) is 5.75 Å². The summed E-state index contributed by atoms with van der Waals surface area (Å²) in [5, 5.41) is 5.70. The van der Waals surface area contributed by atoms with Crippen LogP contribution in [0.4, 0.5) is 0 Å². The Morgan fingerprint density at radius 2 is 1.81 bits per heavy atom. The lowest BCUT2D eigenvalue weighted by atomic mass is 9.95. The molecule has 9 heteroatoms.